The maximum absolute atomic E-state index is 12.0. The minimum Gasteiger partial charge on any atom is -0.462 e. The first-order valence-electron chi connectivity index (χ1n) is 10.4. The van der Waals surface area contributed by atoms with Gasteiger partial charge in [-0.25, -0.2) is 9.78 Å². The van der Waals surface area contributed by atoms with Crippen molar-refractivity contribution in [3.63, 3.8) is 0 Å². The zero-order valence-electron chi connectivity index (χ0n) is 17.9. The van der Waals surface area contributed by atoms with Crippen molar-refractivity contribution in [2.75, 3.05) is 32.8 Å². The van der Waals surface area contributed by atoms with Gasteiger partial charge in [0.05, 0.1) is 24.9 Å². The molecule has 8 heteroatoms. The number of aryl methyl sites for hydroxylation is 1. The van der Waals surface area contributed by atoms with Crippen LogP contribution in [-0.4, -0.2) is 60.6 Å². The van der Waals surface area contributed by atoms with Crippen molar-refractivity contribution in [2.24, 2.45) is 4.99 Å². The van der Waals surface area contributed by atoms with Gasteiger partial charge in [-0.05, 0) is 54.0 Å². The lowest BCUT2D eigenvalue weighted by atomic mass is 10.0. The summed E-state index contributed by atoms with van der Waals surface area (Å²) < 4.78 is 5.11. The average molecular weight is 410 g/mol. The fourth-order valence-electron chi connectivity index (χ4n) is 3.36. The minimum atomic E-state index is -0.299. The molecular weight excluding hydrogens is 374 g/mol. The Labute approximate surface area is 173 Å². The quantitative estimate of drug-likeness (QED) is 0.390. The number of likely N-dealkylation sites (tertiary alicyclic amines) is 1. The molecule has 0 aliphatic carbocycles. The predicted molar refractivity (Wildman–Crippen MR) is 115 cm³/mol. The lowest BCUT2D eigenvalue weighted by Crippen LogP contribution is -2.41. The van der Waals surface area contributed by atoms with E-state index in [-0.39, 0.29) is 12.0 Å². The average Bonchev–Trinajstić information content (AvgIpc) is 3.05. The highest BCUT2D eigenvalue weighted by molar-refractivity contribution is 7.13. The zero-order valence-corrected chi connectivity index (χ0v) is 18.7. The molecule has 1 aromatic rings. The van der Waals surface area contributed by atoms with E-state index in [4.69, 9.17) is 9.73 Å². The van der Waals surface area contributed by atoms with Crippen LogP contribution in [-0.2, 0) is 4.74 Å². The summed E-state index contributed by atoms with van der Waals surface area (Å²) in [7, 11) is 0. The summed E-state index contributed by atoms with van der Waals surface area (Å²) in [4.78, 5) is 24.4. The molecule has 0 bridgehead atoms. The fraction of sp³-hybridized carbons (Fsp3) is 0.750. The number of hydrogen-bond acceptors (Lipinski definition) is 6. The van der Waals surface area contributed by atoms with Crippen LogP contribution in [0.15, 0.2) is 4.99 Å². The minimum absolute atomic E-state index is 0.0430. The molecule has 1 aromatic heterocycles. The molecule has 2 N–H and O–H groups in total. The van der Waals surface area contributed by atoms with Crippen LogP contribution in [0.4, 0.5) is 0 Å². The van der Waals surface area contributed by atoms with Gasteiger partial charge in [-0.2, -0.15) is 0 Å². The third-order valence-electron chi connectivity index (χ3n) is 4.94. The second-order valence-electron chi connectivity index (χ2n) is 7.19. The monoisotopic (exact) mass is 409 g/mol. The largest absolute Gasteiger partial charge is 0.462 e. The number of rotatable bonds is 8. The number of aromatic nitrogens is 1. The van der Waals surface area contributed by atoms with Gasteiger partial charge >= 0.3 is 5.97 Å². The van der Waals surface area contributed by atoms with E-state index in [1.165, 1.54) is 37.1 Å². The maximum atomic E-state index is 12.0. The molecule has 0 amide bonds. The zero-order chi connectivity index (χ0) is 20.5. The smallest absolute Gasteiger partial charge is 0.350 e. The summed E-state index contributed by atoms with van der Waals surface area (Å²) in [5, 5.41) is 7.57. The highest BCUT2D eigenvalue weighted by atomic mass is 32.1. The third kappa shape index (κ3) is 6.44. The molecule has 2 heterocycles. The van der Waals surface area contributed by atoms with Crippen LogP contribution in [0.2, 0.25) is 0 Å². The van der Waals surface area contributed by atoms with Crippen molar-refractivity contribution in [1.82, 2.24) is 20.5 Å². The number of nitrogens with zero attached hydrogens (tertiary/aromatic N) is 3. The van der Waals surface area contributed by atoms with Gasteiger partial charge in [0, 0.05) is 19.1 Å². The molecule has 1 saturated heterocycles. The number of nitrogens with one attached hydrogen (secondary N) is 2. The van der Waals surface area contributed by atoms with Crippen LogP contribution in [0.5, 0.6) is 0 Å². The Morgan fingerprint density at radius 3 is 2.89 bits per heavy atom. The molecule has 0 saturated carbocycles. The molecule has 1 aliphatic heterocycles. The summed E-state index contributed by atoms with van der Waals surface area (Å²) in [6.07, 6.45) is 3.91. The highest BCUT2D eigenvalue weighted by Crippen LogP contribution is 2.24. The second kappa shape index (κ2) is 11.4. The third-order valence-corrected chi connectivity index (χ3v) is 6.26. The van der Waals surface area contributed by atoms with E-state index in [0.717, 1.165) is 30.6 Å². The number of thiazole rings is 1. The molecule has 0 spiro atoms. The van der Waals surface area contributed by atoms with E-state index < -0.39 is 0 Å². The highest BCUT2D eigenvalue weighted by Gasteiger charge is 2.20. The van der Waals surface area contributed by atoms with Gasteiger partial charge in [0.15, 0.2) is 5.96 Å². The summed E-state index contributed by atoms with van der Waals surface area (Å²) in [5.41, 5.74) is 0.716. The molecule has 158 valence electrons. The van der Waals surface area contributed by atoms with E-state index >= 15 is 0 Å². The van der Waals surface area contributed by atoms with Gasteiger partial charge in [0.25, 0.3) is 0 Å². The standard InChI is InChI=1S/C20H35N5O2S/c1-6-21-20(22-11-13-25-12-9-8-10-14(25)3)24-16(5)18-23-15(4)17(28-18)19(26)27-7-2/h14,16H,6-13H2,1-5H3,(H2,21,22,24). The van der Waals surface area contributed by atoms with Crippen LogP contribution < -0.4 is 10.6 Å². The lowest BCUT2D eigenvalue weighted by molar-refractivity contribution is 0.0531. The van der Waals surface area contributed by atoms with Crippen molar-refractivity contribution in [3.05, 3.63) is 15.6 Å². The van der Waals surface area contributed by atoms with Crippen LogP contribution in [0, 0.1) is 6.92 Å². The summed E-state index contributed by atoms with van der Waals surface area (Å²) >= 11 is 1.38. The first-order valence-corrected chi connectivity index (χ1v) is 11.2. The van der Waals surface area contributed by atoms with Crippen molar-refractivity contribution in [3.8, 4) is 0 Å². The van der Waals surface area contributed by atoms with Gasteiger partial charge in [-0.1, -0.05) is 6.42 Å². The van der Waals surface area contributed by atoms with E-state index in [1.807, 2.05) is 20.8 Å². The van der Waals surface area contributed by atoms with Crippen molar-refractivity contribution < 1.29 is 9.53 Å². The molecule has 1 fully saturated rings. The number of guanidine groups is 1. The van der Waals surface area contributed by atoms with E-state index in [2.05, 4.69) is 34.4 Å². The predicted octanol–water partition coefficient (Wildman–Crippen LogP) is 3.12. The van der Waals surface area contributed by atoms with Crippen LogP contribution in [0.25, 0.3) is 0 Å². The van der Waals surface area contributed by atoms with Crippen LogP contribution >= 0.6 is 11.3 Å². The Balaban J connectivity index is 1.96. The number of esters is 1. The number of carbonyl (C=O) groups is 1. The molecule has 0 aromatic carbocycles. The van der Waals surface area contributed by atoms with E-state index in [1.54, 1.807) is 0 Å². The molecular formula is C20H35N5O2S. The summed E-state index contributed by atoms with van der Waals surface area (Å²) in [6.45, 7) is 14.1. The molecule has 0 radical (unpaired) electrons. The van der Waals surface area contributed by atoms with E-state index in [0.29, 0.717) is 23.2 Å². The number of hydrogen-bond donors (Lipinski definition) is 2. The SMILES string of the molecule is CCNC(=NCCN1CCCCC1C)NC(C)c1nc(C)c(C(=O)OCC)s1. The van der Waals surface area contributed by atoms with Gasteiger partial charge < -0.3 is 15.4 Å². The molecule has 2 atom stereocenters. The Morgan fingerprint density at radius 1 is 1.43 bits per heavy atom. The first kappa shape index (κ1) is 22.6. The van der Waals surface area contributed by atoms with Gasteiger partial charge in [0.1, 0.15) is 9.88 Å². The van der Waals surface area contributed by atoms with Gasteiger partial charge in [-0.3, -0.25) is 9.89 Å². The van der Waals surface area contributed by atoms with Crippen molar-refractivity contribution in [2.45, 2.75) is 66.0 Å². The second-order valence-corrected chi connectivity index (χ2v) is 8.23. The number of ether oxygens (including phenoxy) is 1. The normalized spacial score (nSPS) is 19.3. The van der Waals surface area contributed by atoms with Crippen LogP contribution in [0.1, 0.15) is 73.4 Å². The molecule has 28 heavy (non-hydrogen) atoms. The van der Waals surface area contributed by atoms with Crippen molar-refractivity contribution in [1.29, 1.82) is 0 Å². The van der Waals surface area contributed by atoms with E-state index in [9.17, 15) is 4.79 Å². The topological polar surface area (TPSA) is 78.9 Å². The molecule has 2 unspecified atom stereocenters. The maximum Gasteiger partial charge on any atom is 0.350 e. The lowest BCUT2D eigenvalue weighted by Gasteiger charge is -2.32. The number of piperidine rings is 1. The van der Waals surface area contributed by atoms with Gasteiger partial charge in [0.2, 0.25) is 0 Å². The fourth-order valence-corrected chi connectivity index (χ4v) is 4.32. The molecule has 2 rings (SSSR count). The first-order chi connectivity index (χ1) is 13.5. The Hall–Kier alpha value is -1.67. The Kier molecular flexibility index (Phi) is 9.18. The number of carbonyl (C=O) groups excluding carboxylic acids is 1. The van der Waals surface area contributed by atoms with Gasteiger partial charge in [-0.15, -0.1) is 11.3 Å². The van der Waals surface area contributed by atoms with Crippen molar-refractivity contribution >= 4 is 23.3 Å². The summed E-state index contributed by atoms with van der Waals surface area (Å²) in [6, 6.07) is 0.608. The summed E-state index contributed by atoms with van der Waals surface area (Å²) in [5.74, 6) is 0.484. The number of aliphatic imine (C=N–C) groups is 1. The molecule has 7 nitrogen and oxygen atoms in total. The Morgan fingerprint density at radius 2 is 2.21 bits per heavy atom. The Bertz CT molecular complexity index is 661. The van der Waals surface area contributed by atoms with Crippen LogP contribution in [0.3, 0.4) is 0 Å². The molecule has 1 aliphatic rings.